The van der Waals surface area contributed by atoms with Crippen molar-refractivity contribution in [1.29, 1.82) is 0 Å². The van der Waals surface area contributed by atoms with Crippen LogP contribution in [-0.2, 0) is 4.74 Å². The summed E-state index contributed by atoms with van der Waals surface area (Å²) in [5, 5.41) is 0.487. The highest BCUT2D eigenvalue weighted by atomic mass is 16.5. The summed E-state index contributed by atoms with van der Waals surface area (Å²) in [5.74, 6) is -0.176. The summed E-state index contributed by atoms with van der Waals surface area (Å²) >= 11 is 0. The molecular formula is C17H19NO4. The van der Waals surface area contributed by atoms with Crippen LogP contribution in [0, 0.1) is 0 Å². The zero-order valence-electron chi connectivity index (χ0n) is 12.6. The molecule has 1 amide bonds. The van der Waals surface area contributed by atoms with E-state index in [0.717, 1.165) is 19.4 Å². The molecule has 22 heavy (non-hydrogen) atoms. The first kappa shape index (κ1) is 14.8. The average Bonchev–Trinajstić information content (AvgIpc) is 3.05. The lowest BCUT2D eigenvalue weighted by Gasteiger charge is -2.23. The highest BCUT2D eigenvalue weighted by Crippen LogP contribution is 2.16. The minimum Gasteiger partial charge on any atom is -0.451 e. The fraction of sp³-hybridized carbons (Fsp3) is 0.412. The SMILES string of the molecule is CCN(C[C@@H]1CCCO1)C(=O)c1cc(=O)c2ccccc2o1. The molecule has 2 aromatic rings. The first-order valence-electron chi connectivity index (χ1n) is 7.63. The summed E-state index contributed by atoms with van der Waals surface area (Å²) in [4.78, 5) is 26.4. The molecule has 1 aromatic heterocycles. The van der Waals surface area contributed by atoms with Crippen molar-refractivity contribution in [2.45, 2.75) is 25.9 Å². The molecule has 3 rings (SSSR count). The molecular weight excluding hydrogens is 282 g/mol. The van der Waals surface area contributed by atoms with Gasteiger partial charge in [0.15, 0.2) is 11.2 Å². The summed E-state index contributed by atoms with van der Waals surface area (Å²) in [7, 11) is 0. The number of likely N-dealkylation sites (N-methyl/N-ethyl adjacent to an activating group) is 1. The Bertz CT molecular complexity index is 731. The van der Waals surface area contributed by atoms with Crippen molar-refractivity contribution < 1.29 is 13.9 Å². The van der Waals surface area contributed by atoms with Gasteiger partial charge in [0.1, 0.15) is 5.58 Å². The van der Waals surface area contributed by atoms with E-state index in [1.807, 2.05) is 6.92 Å². The van der Waals surface area contributed by atoms with Crippen molar-refractivity contribution >= 4 is 16.9 Å². The minimum absolute atomic E-state index is 0.0797. The third kappa shape index (κ3) is 2.90. The maximum absolute atomic E-state index is 12.6. The highest BCUT2D eigenvalue weighted by molar-refractivity contribution is 5.93. The first-order valence-corrected chi connectivity index (χ1v) is 7.63. The topological polar surface area (TPSA) is 59.8 Å². The van der Waals surface area contributed by atoms with E-state index in [0.29, 0.717) is 24.1 Å². The van der Waals surface area contributed by atoms with Crippen LogP contribution in [-0.4, -0.2) is 36.6 Å². The number of hydrogen-bond acceptors (Lipinski definition) is 4. The maximum Gasteiger partial charge on any atom is 0.289 e. The van der Waals surface area contributed by atoms with Crippen LogP contribution in [0.4, 0.5) is 0 Å². The molecule has 1 aromatic carbocycles. The molecule has 1 saturated heterocycles. The van der Waals surface area contributed by atoms with Crippen LogP contribution in [0.15, 0.2) is 39.5 Å². The third-order valence-electron chi connectivity index (χ3n) is 3.96. The molecule has 2 heterocycles. The van der Waals surface area contributed by atoms with Gasteiger partial charge in [0, 0.05) is 25.8 Å². The van der Waals surface area contributed by atoms with Gasteiger partial charge in [0.2, 0.25) is 0 Å². The molecule has 5 heteroatoms. The zero-order chi connectivity index (χ0) is 15.5. The molecule has 0 unspecified atom stereocenters. The Hall–Kier alpha value is -2.14. The van der Waals surface area contributed by atoms with Gasteiger partial charge in [-0.15, -0.1) is 0 Å². The Labute approximate surface area is 128 Å². The number of benzene rings is 1. The summed E-state index contributed by atoms with van der Waals surface area (Å²) in [5.41, 5.74) is 0.241. The lowest BCUT2D eigenvalue weighted by molar-refractivity contribution is 0.0516. The van der Waals surface area contributed by atoms with E-state index in [1.165, 1.54) is 6.07 Å². The Morgan fingerprint density at radius 2 is 2.18 bits per heavy atom. The fourth-order valence-electron chi connectivity index (χ4n) is 2.75. The van der Waals surface area contributed by atoms with Crippen LogP contribution in [0.2, 0.25) is 0 Å². The lowest BCUT2D eigenvalue weighted by atomic mass is 10.2. The molecule has 0 saturated carbocycles. The predicted molar refractivity (Wildman–Crippen MR) is 83.0 cm³/mol. The molecule has 0 aliphatic carbocycles. The Morgan fingerprint density at radius 3 is 2.91 bits per heavy atom. The van der Waals surface area contributed by atoms with Gasteiger partial charge in [-0.25, -0.2) is 0 Å². The number of hydrogen-bond donors (Lipinski definition) is 0. The average molecular weight is 301 g/mol. The van der Waals surface area contributed by atoms with E-state index in [2.05, 4.69) is 0 Å². The fourth-order valence-corrected chi connectivity index (χ4v) is 2.75. The van der Waals surface area contributed by atoms with E-state index >= 15 is 0 Å². The molecule has 1 aliphatic rings. The van der Waals surface area contributed by atoms with Gasteiger partial charge in [-0.05, 0) is 31.9 Å². The summed E-state index contributed by atoms with van der Waals surface area (Å²) in [6.45, 7) is 3.74. The van der Waals surface area contributed by atoms with Gasteiger partial charge >= 0.3 is 0 Å². The number of rotatable bonds is 4. The van der Waals surface area contributed by atoms with Crippen LogP contribution >= 0.6 is 0 Å². The second kappa shape index (κ2) is 6.32. The summed E-state index contributed by atoms with van der Waals surface area (Å²) in [6, 6.07) is 8.23. The van der Waals surface area contributed by atoms with Crippen molar-refractivity contribution in [3.05, 3.63) is 46.3 Å². The third-order valence-corrected chi connectivity index (χ3v) is 3.96. The van der Waals surface area contributed by atoms with Gasteiger partial charge in [0.25, 0.3) is 5.91 Å². The van der Waals surface area contributed by atoms with E-state index in [-0.39, 0.29) is 23.2 Å². The number of ether oxygens (including phenoxy) is 1. The monoisotopic (exact) mass is 301 g/mol. The highest BCUT2D eigenvalue weighted by Gasteiger charge is 2.24. The molecule has 116 valence electrons. The molecule has 1 aliphatic heterocycles. The van der Waals surface area contributed by atoms with Gasteiger partial charge in [-0.2, -0.15) is 0 Å². The molecule has 0 spiro atoms. The van der Waals surface area contributed by atoms with Gasteiger partial charge < -0.3 is 14.1 Å². The Morgan fingerprint density at radius 1 is 1.36 bits per heavy atom. The molecule has 5 nitrogen and oxygen atoms in total. The van der Waals surface area contributed by atoms with E-state index < -0.39 is 0 Å². The van der Waals surface area contributed by atoms with Crippen LogP contribution in [0.3, 0.4) is 0 Å². The molecule has 1 atom stereocenters. The predicted octanol–water partition coefficient (Wildman–Crippen LogP) is 2.43. The van der Waals surface area contributed by atoms with Gasteiger partial charge in [0.05, 0.1) is 11.5 Å². The van der Waals surface area contributed by atoms with E-state index in [1.54, 1.807) is 29.2 Å². The molecule has 0 bridgehead atoms. The number of nitrogens with zero attached hydrogens (tertiary/aromatic N) is 1. The number of carbonyl (C=O) groups excluding carboxylic acids is 1. The van der Waals surface area contributed by atoms with E-state index in [9.17, 15) is 9.59 Å². The first-order chi connectivity index (χ1) is 10.7. The van der Waals surface area contributed by atoms with Crippen LogP contribution < -0.4 is 5.43 Å². The van der Waals surface area contributed by atoms with Crippen molar-refractivity contribution in [3.8, 4) is 0 Å². The summed E-state index contributed by atoms with van der Waals surface area (Å²) < 4.78 is 11.2. The number of carbonyl (C=O) groups is 1. The van der Waals surface area contributed by atoms with Gasteiger partial charge in [-0.3, -0.25) is 9.59 Å². The van der Waals surface area contributed by atoms with Crippen LogP contribution in [0.1, 0.15) is 30.3 Å². The van der Waals surface area contributed by atoms with Crippen LogP contribution in [0.25, 0.3) is 11.0 Å². The largest absolute Gasteiger partial charge is 0.451 e. The normalized spacial score (nSPS) is 17.8. The number of fused-ring (bicyclic) bond motifs is 1. The molecule has 1 fully saturated rings. The number of para-hydroxylation sites is 1. The Kier molecular flexibility index (Phi) is 4.24. The lowest BCUT2D eigenvalue weighted by Crippen LogP contribution is -2.37. The Balaban J connectivity index is 1.88. The van der Waals surface area contributed by atoms with Crippen LogP contribution in [0.5, 0.6) is 0 Å². The van der Waals surface area contributed by atoms with E-state index in [4.69, 9.17) is 9.15 Å². The van der Waals surface area contributed by atoms with Gasteiger partial charge in [-0.1, -0.05) is 12.1 Å². The number of amides is 1. The zero-order valence-corrected chi connectivity index (χ0v) is 12.6. The van der Waals surface area contributed by atoms with Crippen molar-refractivity contribution in [1.82, 2.24) is 4.90 Å². The summed E-state index contributed by atoms with van der Waals surface area (Å²) in [6.07, 6.45) is 2.07. The van der Waals surface area contributed by atoms with Crippen molar-refractivity contribution in [3.63, 3.8) is 0 Å². The van der Waals surface area contributed by atoms with Crippen molar-refractivity contribution in [2.24, 2.45) is 0 Å². The minimum atomic E-state index is -0.263. The molecule has 0 radical (unpaired) electrons. The smallest absolute Gasteiger partial charge is 0.289 e. The molecule has 0 N–H and O–H groups in total. The second-order valence-corrected chi connectivity index (χ2v) is 5.45. The standard InChI is InChI=1S/C17H19NO4/c1-2-18(11-12-6-5-9-21-12)17(20)16-10-14(19)13-7-3-4-8-15(13)22-16/h3-4,7-8,10,12H,2,5-6,9,11H2,1H3/t12-/m0/s1. The van der Waals surface area contributed by atoms with Crippen molar-refractivity contribution in [2.75, 3.05) is 19.7 Å². The second-order valence-electron chi connectivity index (χ2n) is 5.45. The quantitative estimate of drug-likeness (QED) is 0.870. The maximum atomic E-state index is 12.6.